The predicted octanol–water partition coefficient (Wildman–Crippen LogP) is 2.84. The van der Waals surface area contributed by atoms with Gasteiger partial charge in [-0.05, 0) is 27.2 Å². The van der Waals surface area contributed by atoms with Crippen LogP contribution in [0.1, 0.15) is 27.2 Å². The molecule has 0 bridgehead atoms. The van der Waals surface area contributed by atoms with Crippen molar-refractivity contribution in [1.82, 2.24) is 14.9 Å². The lowest BCUT2D eigenvalue weighted by atomic mass is 10.0. The molecule has 2 aromatic rings. The minimum Gasteiger partial charge on any atom is -0.480 e. The number of rotatable bonds is 4. The fourth-order valence-corrected chi connectivity index (χ4v) is 3.34. The number of anilines is 1. The molecule has 3 rings (SSSR count). The summed E-state index contributed by atoms with van der Waals surface area (Å²) in [5.41, 5.74) is -0.581. The van der Waals surface area contributed by atoms with Gasteiger partial charge < -0.3 is 20.1 Å². The molecule has 1 aliphatic rings. The number of aromatic nitrogens is 2. The van der Waals surface area contributed by atoms with Crippen LogP contribution in [0.15, 0.2) is 12.1 Å². The van der Waals surface area contributed by atoms with Crippen molar-refractivity contribution in [3.63, 3.8) is 0 Å². The summed E-state index contributed by atoms with van der Waals surface area (Å²) < 4.78 is 48.2. The maximum Gasteiger partial charge on any atom is 0.408 e. The number of halogens is 3. The van der Waals surface area contributed by atoms with E-state index in [9.17, 15) is 27.9 Å². The number of alkyl carbamates (subject to hydrolysis) is 1. The van der Waals surface area contributed by atoms with Crippen molar-refractivity contribution in [3.8, 4) is 0 Å². The standard InChI is InChI=1S/C19H23F3N4O4/c1-19(2,3)30-18(29)24-14-8-25(5-4-10(14)20)17-23-13-6-11(21)12(22)7-15(13)26(17)9-16(27)28/h6-7,10,14H,4-5,8-9H2,1-3H3,(H,24,29)(H,27,28)/t10-,14-/m1/s1. The van der Waals surface area contributed by atoms with E-state index in [0.29, 0.717) is 0 Å². The van der Waals surface area contributed by atoms with Gasteiger partial charge in [0.1, 0.15) is 18.3 Å². The number of carbonyl (C=O) groups is 2. The highest BCUT2D eigenvalue weighted by Gasteiger charge is 2.34. The van der Waals surface area contributed by atoms with Gasteiger partial charge in [-0.25, -0.2) is 22.9 Å². The molecule has 2 heterocycles. The van der Waals surface area contributed by atoms with E-state index in [1.54, 1.807) is 25.7 Å². The Bertz CT molecular complexity index is 973. The molecule has 1 fully saturated rings. The van der Waals surface area contributed by atoms with E-state index < -0.39 is 48.1 Å². The first-order chi connectivity index (χ1) is 13.9. The van der Waals surface area contributed by atoms with Crippen molar-refractivity contribution < 1.29 is 32.6 Å². The number of hydrogen-bond donors (Lipinski definition) is 2. The number of aliphatic carboxylic acids is 1. The first kappa shape index (κ1) is 21.7. The number of nitrogens with one attached hydrogen (secondary N) is 1. The van der Waals surface area contributed by atoms with E-state index in [4.69, 9.17) is 4.74 Å². The number of carboxylic acid groups (broad SMARTS) is 1. The number of alkyl halides is 1. The molecule has 1 aliphatic heterocycles. The summed E-state index contributed by atoms with van der Waals surface area (Å²) in [6.45, 7) is 4.66. The van der Waals surface area contributed by atoms with Crippen molar-refractivity contribution in [2.45, 2.75) is 51.6 Å². The number of ether oxygens (including phenoxy) is 1. The Kier molecular flexibility index (Phi) is 5.82. The smallest absolute Gasteiger partial charge is 0.408 e. The maximum atomic E-state index is 14.4. The Morgan fingerprint density at radius 2 is 1.97 bits per heavy atom. The molecule has 0 unspecified atom stereocenters. The van der Waals surface area contributed by atoms with E-state index in [-0.39, 0.29) is 36.5 Å². The van der Waals surface area contributed by atoms with E-state index in [1.807, 2.05) is 0 Å². The third-order valence-electron chi connectivity index (χ3n) is 4.58. The number of imidazole rings is 1. The predicted molar refractivity (Wildman–Crippen MR) is 102 cm³/mol. The number of piperidine rings is 1. The highest BCUT2D eigenvalue weighted by molar-refractivity contribution is 5.81. The lowest BCUT2D eigenvalue weighted by Crippen LogP contribution is -2.55. The van der Waals surface area contributed by atoms with E-state index in [0.717, 1.165) is 12.1 Å². The first-order valence-electron chi connectivity index (χ1n) is 9.40. The largest absolute Gasteiger partial charge is 0.480 e. The summed E-state index contributed by atoms with van der Waals surface area (Å²) in [6.07, 6.45) is -2.08. The van der Waals surface area contributed by atoms with Gasteiger partial charge >= 0.3 is 12.1 Å². The third-order valence-corrected chi connectivity index (χ3v) is 4.58. The monoisotopic (exact) mass is 428 g/mol. The minimum atomic E-state index is -1.35. The average Bonchev–Trinajstić information content (AvgIpc) is 2.92. The average molecular weight is 428 g/mol. The fourth-order valence-electron chi connectivity index (χ4n) is 3.34. The van der Waals surface area contributed by atoms with Crippen molar-refractivity contribution in [2.24, 2.45) is 0 Å². The van der Waals surface area contributed by atoms with Crippen molar-refractivity contribution in [3.05, 3.63) is 23.8 Å². The van der Waals surface area contributed by atoms with Gasteiger partial charge in [-0.2, -0.15) is 0 Å². The fraction of sp³-hybridized carbons (Fsp3) is 0.526. The summed E-state index contributed by atoms with van der Waals surface area (Å²) in [6, 6.07) is 0.827. The van der Waals surface area contributed by atoms with E-state index >= 15 is 0 Å². The summed E-state index contributed by atoms with van der Waals surface area (Å²) in [4.78, 5) is 29.2. The van der Waals surface area contributed by atoms with Crippen molar-refractivity contribution in [1.29, 1.82) is 0 Å². The quantitative estimate of drug-likeness (QED) is 0.778. The Morgan fingerprint density at radius 3 is 2.60 bits per heavy atom. The van der Waals surface area contributed by atoms with Gasteiger partial charge in [0.05, 0.1) is 17.1 Å². The molecule has 1 aromatic heterocycles. The van der Waals surface area contributed by atoms with Gasteiger partial charge in [0.2, 0.25) is 5.95 Å². The number of carbonyl (C=O) groups excluding carboxylic acids is 1. The van der Waals surface area contributed by atoms with Gasteiger partial charge in [0.25, 0.3) is 0 Å². The molecule has 0 spiro atoms. The molecule has 164 valence electrons. The van der Waals surface area contributed by atoms with Gasteiger partial charge in [-0.3, -0.25) is 9.36 Å². The number of amides is 1. The van der Waals surface area contributed by atoms with Gasteiger partial charge in [-0.1, -0.05) is 0 Å². The second-order valence-corrected chi connectivity index (χ2v) is 8.15. The Labute approximate surface area is 170 Å². The zero-order valence-corrected chi connectivity index (χ0v) is 16.8. The highest BCUT2D eigenvalue weighted by atomic mass is 19.2. The van der Waals surface area contributed by atoms with Crippen molar-refractivity contribution >= 4 is 29.0 Å². The first-order valence-corrected chi connectivity index (χ1v) is 9.40. The van der Waals surface area contributed by atoms with Crippen molar-refractivity contribution in [2.75, 3.05) is 18.0 Å². The minimum absolute atomic E-state index is 0.0195. The van der Waals surface area contributed by atoms with Crippen LogP contribution in [-0.4, -0.2) is 57.6 Å². The molecule has 11 heteroatoms. The molecule has 0 saturated carbocycles. The van der Waals surface area contributed by atoms with Crippen LogP contribution in [0.25, 0.3) is 11.0 Å². The number of hydrogen-bond acceptors (Lipinski definition) is 5. The molecular weight excluding hydrogens is 405 g/mol. The number of nitrogens with zero attached hydrogens (tertiary/aromatic N) is 3. The molecule has 30 heavy (non-hydrogen) atoms. The van der Waals surface area contributed by atoms with Crippen LogP contribution in [0.5, 0.6) is 0 Å². The topological polar surface area (TPSA) is 96.7 Å². The molecule has 1 aromatic carbocycles. The Morgan fingerprint density at radius 1 is 1.30 bits per heavy atom. The summed E-state index contributed by atoms with van der Waals surface area (Å²) >= 11 is 0. The van der Waals surface area contributed by atoms with E-state index in [1.165, 1.54) is 4.57 Å². The van der Waals surface area contributed by atoms with E-state index in [2.05, 4.69) is 10.3 Å². The van der Waals surface area contributed by atoms with Crippen LogP contribution in [0.2, 0.25) is 0 Å². The molecule has 0 aliphatic carbocycles. The van der Waals surface area contributed by atoms with Gasteiger partial charge in [0, 0.05) is 25.2 Å². The normalized spacial score (nSPS) is 19.7. The molecule has 2 atom stereocenters. The second kappa shape index (κ2) is 8.04. The lowest BCUT2D eigenvalue weighted by Gasteiger charge is -2.36. The SMILES string of the molecule is CC(C)(C)OC(=O)N[C@@H]1CN(c2nc3cc(F)c(F)cc3n2CC(=O)O)CC[C@H]1F. The Hall–Kier alpha value is -2.98. The second-order valence-electron chi connectivity index (χ2n) is 8.15. The lowest BCUT2D eigenvalue weighted by molar-refractivity contribution is -0.137. The Balaban J connectivity index is 1.90. The highest BCUT2D eigenvalue weighted by Crippen LogP contribution is 2.28. The van der Waals surface area contributed by atoms with Crippen LogP contribution >= 0.6 is 0 Å². The summed E-state index contributed by atoms with van der Waals surface area (Å²) in [5, 5.41) is 11.7. The number of fused-ring (bicyclic) bond motifs is 1. The van der Waals surface area contributed by atoms with Gasteiger partial charge in [-0.15, -0.1) is 0 Å². The maximum absolute atomic E-state index is 14.4. The van der Waals surface area contributed by atoms with Crippen LogP contribution in [0.4, 0.5) is 23.9 Å². The molecule has 2 N–H and O–H groups in total. The molecule has 0 radical (unpaired) electrons. The van der Waals surface area contributed by atoms with Gasteiger partial charge in [0.15, 0.2) is 11.6 Å². The molecular formula is C19H23F3N4O4. The van der Waals surface area contributed by atoms with Crippen LogP contribution in [-0.2, 0) is 16.1 Å². The third kappa shape index (κ3) is 4.77. The zero-order valence-electron chi connectivity index (χ0n) is 16.8. The molecule has 1 amide bonds. The number of carboxylic acids is 1. The summed E-state index contributed by atoms with van der Waals surface area (Å²) in [7, 11) is 0. The zero-order chi connectivity index (χ0) is 22.2. The summed E-state index contributed by atoms with van der Waals surface area (Å²) in [5.74, 6) is -3.32. The molecule has 1 saturated heterocycles. The van der Waals surface area contributed by atoms with Crippen LogP contribution < -0.4 is 10.2 Å². The molecule has 8 nitrogen and oxygen atoms in total. The number of benzene rings is 1. The van der Waals surface area contributed by atoms with Crippen LogP contribution in [0, 0.1) is 11.6 Å². The van der Waals surface area contributed by atoms with Crippen LogP contribution in [0.3, 0.4) is 0 Å².